The van der Waals surface area contributed by atoms with E-state index >= 15 is 0 Å². The normalized spacial score (nSPS) is 11.2. The fourth-order valence-electron chi connectivity index (χ4n) is 1.30. The number of carboxylic acid groups (broad SMARTS) is 1. The molecule has 0 aromatic heterocycles. The van der Waals surface area contributed by atoms with Crippen LogP contribution in [0.4, 0.5) is 0 Å². The van der Waals surface area contributed by atoms with Crippen molar-refractivity contribution in [3.05, 3.63) is 29.8 Å². The van der Waals surface area contributed by atoms with E-state index in [1.807, 2.05) is 6.92 Å². The van der Waals surface area contributed by atoms with Crippen LogP contribution in [0.2, 0.25) is 0 Å². The molecule has 0 amide bonds. The van der Waals surface area contributed by atoms with E-state index in [-0.39, 0.29) is 5.75 Å². The highest BCUT2D eigenvalue weighted by atomic mass is 16.5. The van der Waals surface area contributed by atoms with E-state index in [2.05, 4.69) is 0 Å². The highest BCUT2D eigenvalue weighted by Crippen LogP contribution is 2.29. The van der Waals surface area contributed by atoms with Crippen LogP contribution >= 0.6 is 0 Å². The molecular weight excluding hydrogens is 208 g/mol. The minimum absolute atomic E-state index is 0.0497. The molecule has 1 rings (SSSR count). The number of aromatic hydroxyl groups is 1. The maximum atomic E-state index is 10.5. The maximum absolute atomic E-state index is 10.5. The van der Waals surface area contributed by atoms with Crippen LogP contribution in [-0.4, -0.2) is 22.8 Å². The first kappa shape index (κ1) is 12.1. The van der Waals surface area contributed by atoms with Crippen molar-refractivity contribution in [3.8, 4) is 11.5 Å². The topological polar surface area (TPSA) is 66.8 Å². The minimum Gasteiger partial charge on any atom is -0.504 e. The Kier molecular flexibility index (Phi) is 3.94. The van der Waals surface area contributed by atoms with Gasteiger partial charge in [0.25, 0.3) is 0 Å². The lowest BCUT2D eigenvalue weighted by atomic mass is 10.1. The Balaban J connectivity index is 3.07. The molecule has 0 aliphatic heterocycles. The Labute approximate surface area is 93.8 Å². The Morgan fingerprint density at radius 2 is 2.19 bits per heavy atom. The molecule has 0 saturated heterocycles. The first-order chi connectivity index (χ1) is 7.54. The molecule has 4 nitrogen and oxygen atoms in total. The van der Waals surface area contributed by atoms with Crippen molar-refractivity contribution in [2.24, 2.45) is 0 Å². The third-order valence-electron chi connectivity index (χ3n) is 2.05. The summed E-state index contributed by atoms with van der Waals surface area (Å²) < 4.78 is 5.21. The standard InChI is InChI=1S/C12H14O4/c1-3-16-11-7-9(4-5-10(11)13)8(2)6-12(14)15/h4-7,13H,3H2,1-2H3,(H,14,15). The zero-order chi connectivity index (χ0) is 12.1. The number of phenols is 1. The number of rotatable bonds is 4. The monoisotopic (exact) mass is 222 g/mol. The SMILES string of the molecule is CCOc1cc(C(C)=CC(=O)O)ccc1O. The van der Waals surface area contributed by atoms with E-state index in [4.69, 9.17) is 9.84 Å². The average Bonchev–Trinajstić information content (AvgIpc) is 2.20. The van der Waals surface area contributed by atoms with Gasteiger partial charge in [0.15, 0.2) is 11.5 Å². The van der Waals surface area contributed by atoms with Crippen molar-refractivity contribution in [1.29, 1.82) is 0 Å². The number of ether oxygens (including phenoxy) is 1. The Morgan fingerprint density at radius 3 is 2.75 bits per heavy atom. The highest BCUT2D eigenvalue weighted by molar-refractivity contribution is 5.89. The van der Waals surface area contributed by atoms with Gasteiger partial charge in [-0.25, -0.2) is 4.79 Å². The summed E-state index contributed by atoms with van der Waals surface area (Å²) in [6, 6.07) is 4.75. The zero-order valence-electron chi connectivity index (χ0n) is 9.23. The first-order valence-electron chi connectivity index (χ1n) is 4.92. The molecule has 0 saturated carbocycles. The van der Waals surface area contributed by atoms with Crippen LogP contribution in [-0.2, 0) is 4.79 Å². The second-order valence-corrected chi connectivity index (χ2v) is 3.28. The molecule has 0 aliphatic rings. The summed E-state index contributed by atoms with van der Waals surface area (Å²) >= 11 is 0. The molecule has 16 heavy (non-hydrogen) atoms. The largest absolute Gasteiger partial charge is 0.504 e. The van der Waals surface area contributed by atoms with Gasteiger partial charge in [0, 0.05) is 6.08 Å². The predicted octanol–water partition coefficient (Wildman–Crippen LogP) is 2.28. The molecule has 1 aromatic rings. The van der Waals surface area contributed by atoms with E-state index in [1.54, 1.807) is 19.1 Å². The van der Waals surface area contributed by atoms with Crippen LogP contribution in [0.25, 0.3) is 5.57 Å². The molecule has 0 bridgehead atoms. The minimum atomic E-state index is -0.997. The number of allylic oxidation sites excluding steroid dienone is 1. The van der Waals surface area contributed by atoms with E-state index in [9.17, 15) is 9.90 Å². The molecule has 0 atom stereocenters. The van der Waals surface area contributed by atoms with Crippen LogP contribution in [0.5, 0.6) is 11.5 Å². The first-order valence-corrected chi connectivity index (χ1v) is 4.92. The van der Waals surface area contributed by atoms with Crippen molar-refractivity contribution < 1.29 is 19.7 Å². The fraction of sp³-hybridized carbons (Fsp3) is 0.250. The van der Waals surface area contributed by atoms with E-state index in [1.165, 1.54) is 6.07 Å². The van der Waals surface area contributed by atoms with Crippen LogP contribution in [0.15, 0.2) is 24.3 Å². The summed E-state index contributed by atoms with van der Waals surface area (Å²) in [5.41, 5.74) is 1.32. The van der Waals surface area contributed by atoms with E-state index in [0.717, 1.165) is 6.08 Å². The number of aliphatic carboxylic acids is 1. The lowest BCUT2D eigenvalue weighted by Gasteiger charge is -2.08. The molecule has 0 aliphatic carbocycles. The summed E-state index contributed by atoms with van der Waals surface area (Å²) in [4.78, 5) is 10.5. The number of hydrogen-bond donors (Lipinski definition) is 2. The lowest BCUT2D eigenvalue weighted by Crippen LogP contribution is -1.94. The maximum Gasteiger partial charge on any atom is 0.328 e. The molecule has 0 heterocycles. The van der Waals surface area contributed by atoms with Crippen molar-refractivity contribution in [2.75, 3.05) is 6.61 Å². The molecule has 1 aromatic carbocycles. The molecule has 0 unspecified atom stereocenters. The highest BCUT2D eigenvalue weighted by Gasteiger charge is 2.05. The predicted molar refractivity (Wildman–Crippen MR) is 60.6 cm³/mol. The van der Waals surface area contributed by atoms with Crippen LogP contribution in [0.3, 0.4) is 0 Å². The number of carbonyl (C=O) groups is 1. The summed E-state index contributed by atoms with van der Waals surface area (Å²) in [5, 5.41) is 18.1. The van der Waals surface area contributed by atoms with Gasteiger partial charge in [-0.2, -0.15) is 0 Å². The fourth-order valence-corrected chi connectivity index (χ4v) is 1.30. The van der Waals surface area contributed by atoms with Crippen molar-refractivity contribution in [3.63, 3.8) is 0 Å². The van der Waals surface area contributed by atoms with Crippen molar-refractivity contribution in [2.45, 2.75) is 13.8 Å². The number of benzene rings is 1. The molecule has 0 fully saturated rings. The molecule has 2 N–H and O–H groups in total. The lowest BCUT2D eigenvalue weighted by molar-refractivity contribution is -0.131. The van der Waals surface area contributed by atoms with Crippen LogP contribution in [0, 0.1) is 0 Å². The Morgan fingerprint density at radius 1 is 1.50 bits per heavy atom. The molecular formula is C12H14O4. The third kappa shape index (κ3) is 3.02. The van der Waals surface area contributed by atoms with Gasteiger partial charge in [-0.1, -0.05) is 6.07 Å². The van der Waals surface area contributed by atoms with Crippen molar-refractivity contribution >= 4 is 11.5 Å². The Bertz CT molecular complexity index is 421. The summed E-state index contributed by atoms with van der Waals surface area (Å²) in [6.07, 6.45) is 1.11. The molecule has 0 spiro atoms. The van der Waals surface area contributed by atoms with Crippen LogP contribution in [0.1, 0.15) is 19.4 Å². The average molecular weight is 222 g/mol. The van der Waals surface area contributed by atoms with Gasteiger partial charge in [0.05, 0.1) is 6.61 Å². The number of carboxylic acids is 1. The molecule has 0 radical (unpaired) electrons. The number of hydrogen-bond acceptors (Lipinski definition) is 3. The van der Waals surface area contributed by atoms with Crippen LogP contribution < -0.4 is 4.74 Å². The summed E-state index contributed by atoms with van der Waals surface area (Å²) in [5.74, 6) is -0.588. The smallest absolute Gasteiger partial charge is 0.328 e. The second kappa shape index (κ2) is 5.21. The van der Waals surface area contributed by atoms with Gasteiger partial charge in [0.2, 0.25) is 0 Å². The van der Waals surface area contributed by atoms with Gasteiger partial charge in [-0.05, 0) is 37.1 Å². The second-order valence-electron chi connectivity index (χ2n) is 3.28. The quantitative estimate of drug-likeness (QED) is 0.767. The zero-order valence-corrected chi connectivity index (χ0v) is 9.23. The van der Waals surface area contributed by atoms with Gasteiger partial charge < -0.3 is 14.9 Å². The summed E-state index contributed by atoms with van der Waals surface area (Å²) in [6.45, 7) is 3.95. The van der Waals surface area contributed by atoms with Crippen molar-refractivity contribution in [1.82, 2.24) is 0 Å². The van der Waals surface area contributed by atoms with Gasteiger partial charge >= 0.3 is 5.97 Å². The Hall–Kier alpha value is -1.97. The molecule has 4 heteroatoms. The number of phenolic OH excluding ortho intramolecular Hbond substituents is 1. The third-order valence-corrected chi connectivity index (χ3v) is 2.05. The van der Waals surface area contributed by atoms with Gasteiger partial charge in [-0.15, -0.1) is 0 Å². The van der Waals surface area contributed by atoms with E-state index < -0.39 is 5.97 Å². The van der Waals surface area contributed by atoms with E-state index in [0.29, 0.717) is 23.5 Å². The summed E-state index contributed by atoms with van der Waals surface area (Å²) in [7, 11) is 0. The van der Waals surface area contributed by atoms with Gasteiger partial charge in [0.1, 0.15) is 0 Å². The van der Waals surface area contributed by atoms with Gasteiger partial charge in [-0.3, -0.25) is 0 Å². The molecule has 86 valence electrons.